The normalized spacial score (nSPS) is 27.2. The molecule has 0 radical (unpaired) electrons. The number of fused-ring (bicyclic) bond motifs is 2. The van der Waals surface area contributed by atoms with Crippen LogP contribution in [0.2, 0.25) is 5.02 Å². The van der Waals surface area contributed by atoms with Crippen LogP contribution in [0.4, 0.5) is 5.69 Å². The highest BCUT2D eigenvalue weighted by molar-refractivity contribution is 7.00. The molecule has 2 saturated heterocycles. The third-order valence-corrected chi connectivity index (χ3v) is 5.42. The molecule has 2 aliphatic heterocycles. The van der Waals surface area contributed by atoms with Crippen LogP contribution in [0.5, 0.6) is 0 Å². The molecule has 6 heteroatoms. The molecule has 2 aliphatic rings. The summed E-state index contributed by atoms with van der Waals surface area (Å²) >= 11 is 7.75. The molecule has 2 aromatic rings. The topological polar surface area (TPSA) is 32.3 Å². The third-order valence-electron chi connectivity index (χ3n) is 4.58. The van der Waals surface area contributed by atoms with Crippen LogP contribution in [0.15, 0.2) is 12.1 Å². The zero-order valence-corrected chi connectivity index (χ0v) is 13.0. The van der Waals surface area contributed by atoms with E-state index in [0.717, 1.165) is 34.8 Å². The maximum Gasteiger partial charge on any atom is 0.129 e. The largest absolute Gasteiger partial charge is 0.363 e. The number of aromatic nitrogens is 2. The van der Waals surface area contributed by atoms with Crippen molar-refractivity contribution in [2.45, 2.75) is 31.8 Å². The molecule has 2 fully saturated rings. The van der Waals surface area contributed by atoms with Gasteiger partial charge in [0.05, 0.1) is 22.4 Å². The van der Waals surface area contributed by atoms with Crippen LogP contribution in [-0.4, -0.2) is 45.4 Å². The molecule has 1 aromatic carbocycles. The molecule has 0 spiro atoms. The van der Waals surface area contributed by atoms with E-state index in [4.69, 9.17) is 11.6 Å². The lowest BCUT2D eigenvalue weighted by Crippen LogP contribution is -2.55. The van der Waals surface area contributed by atoms with Gasteiger partial charge in [-0.05, 0) is 38.4 Å². The number of rotatable bonds is 1. The van der Waals surface area contributed by atoms with E-state index in [1.54, 1.807) is 0 Å². The van der Waals surface area contributed by atoms with Gasteiger partial charge in [0.25, 0.3) is 0 Å². The zero-order chi connectivity index (χ0) is 13.7. The van der Waals surface area contributed by atoms with Crippen molar-refractivity contribution in [3.8, 4) is 0 Å². The second-order valence-electron chi connectivity index (χ2n) is 5.82. The lowest BCUT2D eigenvalue weighted by molar-refractivity contribution is 0.203. The average molecular weight is 309 g/mol. The molecule has 0 saturated carbocycles. The van der Waals surface area contributed by atoms with Crippen LogP contribution in [0.1, 0.15) is 19.8 Å². The van der Waals surface area contributed by atoms with Crippen molar-refractivity contribution in [2.24, 2.45) is 0 Å². The number of benzene rings is 1. The summed E-state index contributed by atoms with van der Waals surface area (Å²) in [5.74, 6) is 0. The Balaban J connectivity index is 1.78. The van der Waals surface area contributed by atoms with E-state index in [0.29, 0.717) is 12.1 Å². The highest BCUT2D eigenvalue weighted by atomic mass is 35.5. The number of piperazine rings is 1. The molecule has 0 aliphatic carbocycles. The summed E-state index contributed by atoms with van der Waals surface area (Å²) in [5.41, 5.74) is 2.99. The fourth-order valence-corrected chi connectivity index (χ4v) is 4.38. The molecule has 0 amide bonds. The van der Waals surface area contributed by atoms with Gasteiger partial charge in [-0.1, -0.05) is 11.6 Å². The smallest absolute Gasteiger partial charge is 0.129 e. The van der Waals surface area contributed by atoms with Crippen LogP contribution in [0, 0.1) is 0 Å². The van der Waals surface area contributed by atoms with Gasteiger partial charge in [-0.2, -0.15) is 8.75 Å². The first-order chi connectivity index (χ1) is 9.74. The Morgan fingerprint density at radius 1 is 1.30 bits per heavy atom. The van der Waals surface area contributed by atoms with E-state index in [1.807, 2.05) is 12.1 Å². The number of hydrogen-bond donors (Lipinski definition) is 0. The molecule has 4 nitrogen and oxygen atoms in total. The van der Waals surface area contributed by atoms with Crippen LogP contribution in [-0.2, 0) is 0 Å². The monoisotopic (exact) mass is 308 g/mol. The highest BCUT2D eigenvalue weighted by Crippen LogP contribution is 2.37. The Bertz CT molecular complexity index is 643. The van der Waals surface area contributed by atoms with E-state index in [9.17, 15) is 0 Å². The predicted octanol–water partition coefficient (Wildman–Crippen LogP) is 3.02. The molecule has 0 bridgehead atoms. The SMILES string of the molecule is CC1CN2CCCC2CN1c1c(Cl)ccc2nsnc12. The summed E-state index contributed by atoms with van der Waals surface area (Å²) in [5, 5.41) is 0.795. The van der Waals surface area contributed by atoms with Crippen molar-refractivity contribution in [1.82, 2.24) is 13.6 Å². The predicted molar refractivity (Wildman–Crippen MR) is 83.8 cm³/mol. The molecule has 2 unspecified atom stereocenters. The molecule has 2 atom stereocenters. The fraction of sp³-hybridized carbons (Fsp3) is 0.571. The summed E-state index contributed by atoms with van der Waals surface area (Å²) in [6.07, 6.45) is 2.62. The summed E-state index contributed by atoms with van der Waals surface area (Å²) in [4.78, 5) is 5.06. The second-order valence-corrected chi connectivity index (χ2v) is 6.76. The van der Waals surface area contributed by atoms with Crippen molar-refractivity contribution in [2.75, 3.05) is 24.5 Å². The minimum Gasteiger partial charge on any atom is -0.363 e. The lowest BCUT2D eigenvalue weighted by atomic mass is 10.1. The van der Waals surface area contributed by atoms with Crippen LogP contribution >= 0.6 is 23.3 Å². The van der Waals surface area contributed by atoms with Crippen molar-refractivity contribution in [3.63, 3.8) is 0 Å². The molecule has 106 valence electrons. The van der Waals surface area contributed by atoms with Crippen LogP contribution in [0.3, 0.4) is 0 Å². The summed E-state index contributed by atoms with van der Waals surface area (Å²) in [6.45, 7) is 5.70. The summed E-state index contributed by atoms with van der Waals surface area (Å²) in [7, 11) is 0. The highest BCUT2D eigenvalue weighted by Gasteiger charge is 2.35. The summed E-state index contributed by atoms with van der Waals surface area (Å²) in [6, 6.07) is 5.05. The van der Waals surface area contributed by atoms with Crippen molar-refractivity contribution < 1.29 is 0 Å². The zero-order valence-electron chi connectivity index (χ0n) is 11.4. The molecule has 1 aromatic heterocycles. The van der Waals surface area contributed by atoms with E-state index in [1.165, 1.54) is 31.1 Å². The van der Waals surface area contributed by atoms with Gasteiger partial charge in [0.2, 0.25) is 0 Å². The Kier molecular flexibility index (Phi) is 3.09. The molecule has 20 heavy (non-hydrogen) atoms. The minimum absolute atomic E-state index is 0.467. The molecule has 4 rings (SSSR count). The van der Waals surface area contributed by atoms with Crippen molar-refractivity contribution in [1.29, 1.82) is 0 Å². The Labute approximate surface area is 127 Å². The lowest BCUT2D eigenvalue weighted by Gasteiger charge is -2.43. The standard InChI is InChI=1S/C14H17ClN4S/c1-9-7-18-6-2-3-10(18)8-19(9)14-11(15)4-5-12-13(14)17-20-16-12/h4-5,9-10H,2-3,6-8H2,1H3. The number of halogens is 1. The van der Waals surface area contributed by atoms with Gasteiger partial charge < -0.3 is 4.90 Å². The van der Waals surface area contributed by atoms with E-state index < -0.39 is 0 Å². The fourth-order valence-electron chi connectivity index (χ4n) is 3.59. The van der Waals surface area contributed by atoms with Crippen molar-refractivity contribution in [3.05, 3.63) is 17.2 Å². The van der Waals surface area contributed by atoms with Crippen molar-refractivity contribution >= 4 is 40.0 Å². The first kappa shape index (κ1) is 12.8. The minimum atomic E-state index is 0.467. The molecular weight excluding hydrogens is 292 g/mol. The first-order valence-electron chi connectivity index (χ1n) is 7.15. The maximum atomic E-state index is 6.48. The van der Waals surface area contributed by atoms with Crippen LogP contribution < -0.4 is 4.90 Å². The maximum absolute atomic E-state index is 6.48. The number of nitrogens with zero attached hydrogens (tertiary/aromatic N) is 4. The number of anilines is 1. The first-order valence-corrected chi connectivity index (χ1v) is 8.26. The Morgan fingerprint density at radius 2 is 2.20 bits per heavy atom. The van der Waals surface area contributed by atoms with Gasteiger partial charge in [-0.25, -0.2) is 0 Å². The van der Waals surface area contributed by atoms with E-state index in [-0.39, 0.29) is 0 Å². The average Bonchev–Trinajstić information content (AvgIpc) is 3.06. The van der Waals surface area contributed by atoms with Gasteiger partial charge in [0.1, 0.15) is 11.0 Å². The molecular formula is C14H17ClN4S. The third kappa shape index (κ3) is 1.91. The van der Waals surface area contributed by atoms with Gasteiger partial charge >= 0.3 is 0 Å². The summed E-state index contributed by atoms with van der Waals surface area (Å²) < 4.78 is 8.81. The second kappa shape index (κ2) is 4.83. The molecule has 3 heterocycles. The Morgan fingerprint density at radius 3 is 3.10 bits per heavy atom. The van der Waals surface area contributed by atoms with E-state index in [2.05, 4.69) is 25.5 Å². The van der Waals surface area contributed by atoms with Gasteiger partial charge in [0, 0.05) is 25.2 Å². The Hall–Kier alpha value is -0.910. The van der Waals surface area contributed by atoms with Gasteiger partial charge in [-0.15, -0.1) is 0 Å². The van der Waals surface area contributed by atoms with E-state index >= 15 is 0 Å². The van der Waals surface area contributed by atoms with Gasteiger partial charge in [0.15, 0.2) is 0 Å². The molecule has 0 N–H and O–H groups in total. The van der Waals surface area contributed by atoms with Crippen LogP contribution in [0.25, 0.3) is 11.0 Å². The number of hydrogen-bond acceptors (Lipinski definition) is 5. The van der Waals surface area contributed by atoms with Gasteiger partial charge in [-0.3, -0.25) is 4.90 Å². The quantitative estimate of drug-likeness (QED) is 0.810.